The van der Waals surface area contributed by atoms with Crippen LogP contribution in [0.3, 0.4) is 0 Å². The number of fused-ring (bicyclic) bond motifs is 1. The van der Waals surface area contributed by atoms with Gasteiger partial charge in [0.25, 0.3) is 0 Å². The average Bonchev–Trinajstić information content (AvgIpc) is 3.51. The van der Waals surface area contributed by atoms with Crippen LogP contribution in [0.25, 0.3) is 10.9 Å². The Morgan fingerprint density at radius 1 is 0.553 bits per heavy atom. The number of aliphatic imine (C=N–C) groups is 1. The van der Waals surface area contributed by atoms with Crippen LogP contribution in [0.1, 0.15) is 219 Å². The number of alkyl carbamates (subject to hydrolysis) is 1. The molecule has 76 heavy (non-hydrogen) atoms. The Labute approximate surface area is 464 Å². The number of amides is 3. The van der Waals surface area contributed by atoms with Gasteiger partial charge in [-0.2, -0.15) is 0 Å². The fraction of sp³-hybridized carbons (Fsp3) is 0.677. The third-order valence-electron chi connectivity index (χ3n) is 8.73. The number of carbonyl (C=O) groups excluding carboxylic acids is 5. The van der Waals surface area contributed by atoms with Crippen molar-refractivity contribution in [2.45, 2.75) is 249 Å². The van der Waals surface area contributed by atoms with Crippen LogP contribution in [0.5, 0.6) is 0 Å². The lowest BCUT2D eigenvalue weighted by Gasteiger charge is -2.29. The second-order valence-corrected chi connectivity index (χ2v) is 24.6. The number of carbonyl (C=O) groups is 5. The largest absolute Gasteiger partial charge is 0.460 e. The second-order valence-electron chi connectivity index (χ2n) is 24.6. The second kappa shape index (κ2) is 35.8. The monoisotopic (exact) mass is 1070 g/mol. The molecule has 1 aromatic heterocycles. The summed E-state index contributed by atoms with van der Waals surface area (Å²) in [5.41, 5.74) is 0.362. The van der Waals surface area contributed by atoms with Crippen molar-refractivity contribution in [1.29, 1.82) is 0 Å². The lowest BCUT2D eigenvalue weighted by Crippen LogP contribution is -2.50. The molecular weight excluding hydrogens is 961 g/mol. The highest BCUT2D eigenvalue weighted by Crippen LogP contribution is 2.25. The van der Waals surface area contributed by atoms with Gasteiger partial charge >= 0.3 is 30.3 Å². The van der Waals surface area contributed by atoms with Gasteiger partial charge in [-0.25, -0.2) is 24.1 Å². The molecule has 440 valence electrons. The van der Waals surface area contributed by atoms with Gasteiger partial charge in [0.15, 0.2) is 0 Å². The third kappa shape index (κ3) is 39.9. The number of guanidine groups is 1. The molecule has 0 aliphatic rings. The van der Waals surface area contributed by atoms with Gasteiger partial charge in [-0.05, 0) is 170 Å². The summed E-state index contributed by atoms with van der Waals surface area (Å²) < 4.78 is 28.2. The van der Waals surface area contributed by atoms with E-state index in [1.807, 2.05) is 79.8 Å². The highest BCUT2D eigenvalue weighted by atomic mass is 16.6. The average molecular weight is 1070 g/mol. The zero-order valence-electron chi connectivity index (χ0n) is 48.7. The van der Waals surface area contributed by atoms with Gasteiger partial charge in [0.2, 0.25) is 5.96 Å². The highest BCUT2D eigenvalue weighted by molar-refractivity contribution is 6.05. The summed E-state index contributed by atoms with van der Waals surface area (Å²) in [6.07, 6.45) is 3.15. The van der Waals surface area contributed by atoms with E-state index in [0.717, 1.165) is 34.6 Å². The Morgan fingerprint density at radius 2 is 1.01 bits per heavy atom. The first-order chi connectivity index (χ1) is 32.7. The standard InChI is InChI=1S/C22H41N3O6.C17H23NO2.C10H14.C9H18O2.4CH4/c1-15(2)13-12-14-25(19(28)31-22(9,10)11)16(23-17(26)29-20(3,4)5)24-18(27)30-21(6,7)8;1-12(2)10-13-11-18(16(19)20-17(3,4)5)15-9-7-6-8-14(13)15;1-9(2)8-10-6-4-3-5-7-10;1-7(2)6-8(10)11-9(3,4)5;;;;/h15H,12-14H2,1-11H3,(H,23,24,26,27);6-9,11-12H,10H2,1-5H3;3-7,9H,8H2,1-2H3;7H,6H2,1-5H3;4*1H4. The van der Waals surface area contributed by atoms with Crippen molar-refractivity contribution in [1.82, 2.24) is 14.8 Å². The van der Waals surface area contributed by atoms with E-state index >= 15 is 0 Å². The predicted octanol–water partition coefficient (Wildman–Crippen LogP) is 17.9. The molecule has 3 rings (SSSR count). The number of nitrogens with zero attached hydrogens (tertiary/aromatic N) is 3. The van der Waals surface area contributed by atoms with Crippen molar-refractivity contribution >= 4 is 47.2 Å². The van der Waals surface area contributed by atoms with Crippen molar-refractivity contribution in [3.63, 3.8) is 0 Å². The number of hydrogen-bond acceptors (Lipinski definition) is 10. The first-order valence-corrected chi connectivity index (χ1v) is 25.6. The number of rotatable bonds is 10. The molecular formula is C62H112N4O10. The molecule has 0 fully saturated rings. The van der Waals surface area contributed by atoms with Crippen LogP contribution in [-0.4, -0.2) is 80.3 Å². The molecule has 1 heterocycles. The van der Waals surface area contributed by atoms with Gasteiger partial charge in [-0.3, -0.25) is 14.7 Å². The molecule has 0 radical (unpaired) electrons. The van der Waals surface area contributed by atoms with E-state index in [1.165, 1.54) is 17.5 Å². The maximum atomic E-state index is 12.9. The van der Waals surface area contributed by atoms with E-state index in [0.29, 0.717) is 30.6 Å². The molecule has 0 unspecified atom stereocenters. The van der Waals surface area contributed by atoms with Crippen LogP contribution in [0.4, 0.5) is 19.2 Å². The minimum absolute atomic E-state index is 0. The molecule has 0 aliphatic carbocycles. The Balaban J connectivity index is -0.000000319. The number of benzene rings is 2. The van der Waals surface area contributed by atoms with Gasteiger partial charge in [-0.1, -0.05) is 134 Å². The molecule has 0 bridgehead atoms. The van der Waals surface area contributed by atoms with E-state index < -0.39 is 40.7 Å². The fourth-order valence-corrected chi connectivity index (χ4v) is 6.30. The van der Waals surface area contributed by atoms with Crippen LogP contribution in [0, 0.1) is 23.7 Å². The van der Waals surface area contributed by atoms with E-state index in [4.69, 9.17) is 23.7 Å². The zero-order valence-corrected chi connectivity index (χ0v) is 48.7. The summed E-state index contributed by atoms with van der Waals surface area (Å²) in [6.45, 7) is 43.8. The Bertz CT molecular complexity index is 2140. The number of para-hydroxylation sites is 1. The maximum Gasteiger partial charge on any atom is 0.437 e. The normalized spacial score (nSPS) is 11.5. The van der Waals surface area contributed by atoms with Crippen LogP contribution in [-0.2, 0) is 41.3 Å². The van der Waals surface area contributed by atoms with Crippen LogP contribution < -0.4 is 5.32 Å². The zero-order chi connectivity index (χ0) is 56.0. The summed E-state index contributed by atoms with van der Waals surface area (Å²) >= 11 is 0. The van der Waals surface area contributed by atoms with Crippen molar-refractivity contribution in [3.8, 4) is 0 Å². The van der Waals surface area contributed by atoms with E-state index in [1.54, 1.807) is 66.9 Å². The highest BCUT2D eigenvalue weighted by Gasteiger charge is 2.30. The Morgan fingerprint density at radius 3 is 1.45 bits per heavy atom. The fourth-order valence-electron chi connectivity index (χ4n) is 6.30. The van der Waals surface area contributed by atoms with Gasteiger partial charge in [0.1, 0.15) is 28.0 Å². The SMILES string of the molecule is C.C.C.C.CC(C)CC(=O)OC(C)(C)C.CC(C)CCCN(C(=O)OC(C)(C)C)C(=NC(=O)OC(C)(C)C)NC(=O)OC(C)(C)C.CC(C)Cc1ccccc1.CC(C)Cc1cn(C(=O)OC(C)(C)C)c2ccccc12. The summed E-state index contributed by atoms with van der Waals surface area (Å²) in [5.74, 6) is 1.69. The molecule has 3 amide bonds. The number of hydrogen-bond donors (Lipinski definition) is 1. The smallest absolute Gasteiger partial charge is 0.437 e. The quantitative estimate of drug-likeness (QED) is 0.0894. The molecule has 14 nitrogen and oxygen atoms in total. The van der Waals surface area contributed by atoms with E-state index in [-0.39, 0.29) is 59.9 Å². The Hall–Kier alpha value is -5.40. The maximum absolute atomic E-state index is 12.9. The lowest BCUT2D eigenvalue weighted by molar-refractivity contribution is -0.155. The molecule has 3 aromatic rings. The molecule has 14 heteroatoms. The summed E-state index contributed by atoms with van der Waals surface area (Å²) in [7, 11) is 0. The van der Waals surface area contributed by atoms with E-state index in [9.17, 15) is 24.0 Å². The van der Waals surface area contributed by atoms with Crippen molar-refractivity contribution in [2.24, 2.45) is 28.7 Å². The molecule has 0 aliphatic heterocycles. The van der Waals surface area contributed by atoms with Crippen molar-refractivity contribution in [2.75, 3.05) is 6.54 Å². The van der Waals surface area contributed by atoms with Crippen LogP contribution >= 0.6 is 0 Å². The van der Waals surface area contributed by atoms with Gasteiger partial charge < -0.3 is 23.7 Å². The van der Waals surface area contributed by atoms with Crippen molar-refractivity contribution < 1.29 is 47.7 Å². The van der Waals surface area contributed by atoms with Gasteiger partial charge in [0.05, 0.1) is 5.52 Å². The number of ether oxygens (including phenoxy) is 5. The molecule has 2 aromatic carbocycles. The first kappa shape index (κ1) is 79.5. The Kier molecular flexibility index (Phi) is 37.5. The summed E-state index contributed by atoms with van der Waals surface area (Å²) in [5, 5.41) is 3.54. The molecule has 0 atom stereocenters. The van der Waals surface area contributed by atoms with Crippen molar-refractivity contribution in [3.05, 3.63) is 71.9 Å². The minimum atomic E-state index is -0.948. The molecule has 1 N–H and O–H groups in total. The van der Waals surface area contributed by atoms with Gasteiger partial charge in [-0.15, -0.1) is 4.99 Å². The third-order valence-corrected chi connectivity index (χ3v) is 8.73. The van der Waals surface area contributed by atoms with E-state index in [2.05, 4.69) is 88.2 Å². The summed E-state index contributed by atoms with van der Waals surface area (Å²) in [4.78, 5) is 66.0. The number of aromatic nitrogens is 1. The minimum Gasteiger partial charge on any atom is -0.460 e. The predicted molar refractivity (Wildman–Crippen MR) is 319 cm³/mol. The number of esters is 1. The summed E-state index contributed by atoms with van der Waals surface area (Å²) in [6, 6.07) is 18.6. The molecule has 0 saturated carbocycles. The molecule has 0 spiro atoms. The topological polar surface area (TPSA) is 164 Å². The van der Waals surface area contributed by atoms with Gasteiger partial charge in [0, 0.05) is 24.5 Å². The first-order valence-electron chi connectivity index (χ1n) is 25.6. The molecule has 0 saturated heterocycles. The van der Waals surface area contributed by atoms with Crippen LogP contribution in [0.15, 0.2) is 65.8 Å². The lowest BCUT2D eigenvalue weighted by atomic mass is 10.0. The van der Waals surface area contributed by atoms with Crippen LogP contribution in [0.2, 0.25) is 0 Å². The number of nitrogens with one attached hydrogen (secondary N) is 1.